The number of benzene rings is 13. The summed E-state index contributed by atoms with van der Waals surface area (Å²) < 4.78 is 0. The second kappa shape index (κ2) is 15.3. The van der Waals surface area contributed by atoms with Crippen LogP contribution in [0.25, 0.3) is 86.2 Å². The molecule has 0 unspecified atom stereocenters. The largest absolute Gasteiger partial charge is 0.308 e. The molecule has 0 bridgehead atoms. The molecule has 67 heavy (non-hydrogen) atoms. The van der Waals surface area contributed by atoms with Crippen LogP contribution in [0.1, 0.15) is 16.7 Å². The highest BCUT2D eigenvalue weighted by molar-refractivity contribution is 6.28. The molecule has 0 saturated carbocycles. The third-order valence-corrected chi connectivity index (χ3v) is 14.2. The summed E-state index contributed by atoms with van der Waals surface area (Å²) in [6, 6.07) is 83.8. The molecule has 13 aromatic rings. The smallest absolute Gasteiger partial charge is 0.0620 e. The Kier molecular flexibility index (Phi) is 8.91. The van der Waals surface area contributed by atoms with E-state index >= 15 is 0 Å². The van der Waals surface area contributed by atoms with E-state index in [9.17, 15) is 0 Å². The maximum atomic E-state index is 2.60. The minimum absolute atomic E-state index is 1.11. The second-order valence-electron chi connectivity index (χ2n) is 18.3. The average Bonchev–Trinajstić information content (AvgIpc) is 3.37. The van der Waals surface area contributed by atoms with Crippen LogP contribution in [0, 0.1) is 20.8 Å². The van der Waals surface area contributed by atoms with Crippen molar-refractivity contribution in [2.75, 3.05) is 9.80 Å². The molecule has 0 aromatic heterocycles. The van der Waals surface area contributed by atoms with Crippen LogP contribution < -0.4 is 9.80 Å². The summed E-state index contributed by atoms with van der Waals surface area (Å²) >= 11 is 0. The van der Waals surface area contributed by atoms with Gasteiger partial charge in [0, 0.05) is 54.5 Å². The molecule has 0 heterocycles. The number of nitrogens with zero attached hydrogens (tertiary/aromatic N) is 2. The summed E-state index contributed by atoms with van der Waals surface area (Å²) in [7, 11) is 0. The van der Waals surface area contributed by atoms with Crippen LogP contribution in [0.15, 0.2) is 224 Å². The van der Waals surface area contributed by atoms with Gasteiger partial charge in [-0.1, -0.05) is 175 Å². The quantitative estimate of drug-likeness (QED) is 0.121. The van der Waals surface area contributed by atoms with Crippen LogP contribution in [0.5, 0.6) is 0 Å². The maximum Gasteiger partial charge on any atom is 0.0620 e. The van der Waals surface area contributed by atoms with Gasteiger partial charge >= 0.3 is 0 Å². The third kappa shape index (κ3) is 6.25. The summed E-state index contributed by atoms with van der Waals surface area (Å²) in [5, 5.41) is 19.2. The Labute approximate surface area is 390 Å². The predicted octanol–water partition coefficient (Wildman–Crippen LogP) is 18.8. The lowest BCUT2D eigenvalue weighted by atomic mass is 9.90. The summed E-state index contributed by atoms with van der Waals surface area (Å²) in [5.41, 5.74) is 10.6. The molecule has 0 aliphatic rings. The SMILES string of the molecule is Cc1ccc2c(N(c3ccc4ccccc4c3)c3c4ccccc4cc4ccccc34)c3cc(C)c(C)cc3c(N(c3ccc4ccccc4c3)c3c4ccccc4cc4ccccc34)c2c1. The lowest BCUT2D eigenvalue weighted by Gasteiger charge is -2.35. The van der Waals surface area contributed by atoms with E-state index in [1.165, 1.54) is 120 Å². The highest BCUT2D eigenvalue weighted by Gasteiger charge is 2.29. The highest BCUT2D eigenvalue weighted by Crippen LogP contribution is 2.55. The van der Waals surface area contributed by atoms with Crippen molar-refractivity contribution < 1.29 is 0 Å². The number of fused-ring (bicyclic) bond motifs is 8. The zero-order valence-corrected chi connectivity index (χ0v) is 37.8. The summed E-state index contributed by atoms with van der Waals surface area (Å²) in [5.74, 6) is 0. The molecule has 0 aliphatic carbocycles. The van der Waals surface area contributed by atoms with Crippen molar-refractivity contribution in [1.82, 2.24) is 0 Å². The Morgan fingerprint density at radius 3 is 0.970 bits per heavy atom. The molecule has 0 amide bonds. The molecule has 0 saturated heterocycles. The van der Waals surface area contributed by atoms with Crippen LogP contribution in [0.2, 0.25) is 0 Å². The molecular formula is C65H46N2. The van der Waals surface area contributed by atoms with Crippen molar-refractivity contribution in [1.29, 1.82) is 0 Å². The van der Waals surface area contributed by atoms with Gasteiger partial charge in [-0.3, -0.25) is 0 Å². The van der Waals surface area contributed by atoms with Crippen molar-refractivity contribution in [2.24, 2.45) is 0 Å². The molecule has 2 nitrogen and oxygen atoms in total. The molecule has 0 aliphatic heterocycles. The minimum atomic E-state index is 1.11. The zero-order chi connectivity index (χ0) is 44.8. The minimum Gasteiger partial charge on any atom is -0.308 e. The van der Waals surface area contributed by atoms with E-state index in [0.29, 0.717) is 0 Å². The summed E-state index contributed by atoms with van der Waals surface area (Å²) in [4.78, 5) is 5.21. The van der Waals surface area contributed by atoms with Gasteiger partial charge in [0.25, 0.3) is 0 Å². The molecule has 13 rings (SSSR count). The van der Waals surface area contributed by atoms with E-state index in [2.05, 4.69) is 255 Å². The lowest BCUT2D eigenvalue weighted by molar-refractivity contribution is 1.31. The van der Waals surface area contributed by atoms with E-state index in [1.54, 1.807) is 0 Å². The second-order valence-corrected chi connectivity index (χ2v) is 18.3. The number of hydrogen-bond donors (Lipinski definition) is 0. The number of aryl methyl sites for hydroxylation is 3. The topological polar surface area (TPSA) is 6.48 Å². The predicted molar refractivity (Wildman–Crippen MR) is 290 cm³/mol. The molecule has 0 spiro atoms. The van der Waals surface area contributed by atoms with Gasteiger partial charge in [0.05, 0.1) is 22.7 Å². The van der Waals surface area contributed by atoms with Crippen LogP contribution in [0.4, 0.5) is 34.1 Å². The first-order chi connectivity index (χ1) is 33.0. The van der Waals surface area contributed by atoms with E-state index in [-0.39, 0.29) is 0 Å². The van der Waals surface area contributed by atoms with Crippen molar-refractivity contribution in [3.63, 3.8) is 0 Å². The van der Waals surface area contributed by atoms with E-state index < -0.39 is 0 Å². The fraction of sp³-hybridized carbons (Fsp3) is 0.0462. The number of rotatable bonds is 6. The van der Waals surface area contributed by atoms with Gasteiger partial charge in [-0.2, -0.15) is 0 Å². The van der Waals surface area contributed by atoms with Gasteiger partial charge in [-0.05, 0) is 130 Å². The number of hydrogen-bond acceptors (Lipinski definition) is 2. The summed E-state index contributed by atoms with van der Waals surface area (Å²) in [6.07, 6.45) is 0. The first kappa shape index (κ1) is 39.0. The normalized spacial score (nSPS) is 11.8. The number of anilines is 6. The van der Waals surface area contributed by atoms with Crippen LogP contribution in [-0.4, -0.2) is 0 Å². The van der Waals surface area contributed by atoms with E-state index in [4.69, 9.17) is 0 Å². The monoisotopic (exact) mass is 854 g/mol. The van der Waals surface area contributed by atoms with Crippen LogP contribution >= 0.6 is 0 Å². The average molecular weight is 855 g/mol. The first-order valence-corrected chi connectivity index (χ1v) is 23.3. The molecule has 0 atom stereocenters. The van der Waals surface area contributed by atoms with Gasteiger partial charge in [0.2, 0.25) is 0 Å². The van der Waals surface area contributed by atoms with Crippen LogP contribution in [0.3, 0.4) is 0 Å². The summed E-state index contributed by atoms with van der Waals surface area (Å²) in [6.45, 7) is 6.77. The van der Waals surface area contributed by atoms with Gasteiger partial charge in [0.1, 0.15) is 0 Å². The molecular weight excluding hydrogens is 809 g/mol. The maximum absolute atomic E-state index is 2.60. The Morgan fingerprint density at radius 1 is 0.224 bits per heavy atom. The zero-order valence-electron chi connectivity index (χ0n) is 37.8. The molecule has 0 N–H and O–H groups in total. The molecule has 316 valence electrons. The molecule has 13 aromatic carbocycles. The standard InChI is InChI=1S/C65H46N2/c1-41-28-33-58-59(34-41)65(67(53-32-30-45-17-5-7-19-47(45)40-53)63-56-26-14-10-22-50(56)38-51-23-11-15-27-57(51)63)61-36-43(3)42(2)35-60(61)64(58)66(52-31-29-44-16-4-6-18-46(44)39-52)62-54-24-12-8-20-48(54)37-49-21-9-13-25-55(49)62/h4-40H,1-3H3. The van der Waals surface area contributed by atoms with Gasteiger partial charge < -0.3 is 9.80 Å². The van der Waals surface area contributed by atoms with Crippen molar-refractivity contribution in [3.8, 4) is 0 Å². The van der Waals surface area contributed by atoms with E-state index in [0.717, 1.165) is 17.1 Å². The Balaban J connectivity index is 1.25. The van der Waals surface area contributed by atoms with E-state index in [1.807, 2.05) is 0 Å². The first-order valence-electron chi connectivity index (χ1n) is 23.3. The molecule has 2 heteroatoms. The van der Waals surface area contributed by atoms with Gasteiger partial charge in [0.15, 0.2) is 0 Å². The fourth-order valence-corrected chi connectivity index (χ4v) is 10.9. The Hall–Kier alpha value is -8.46. The molecule has 0 radical (unpaired) electrons. The Bertz CT molecular complexity index is 4050. The lowest BCUT2D eigenvalue weighted by Crippen LogP contribution is -2.16. The van der Waals surface area contributed by atoms with Crippen molar-refractivity contribution >= 4 is 120 Å². The third-order valence-electron chi connectivity index (χ3n) is 14.2. The fourth-order valence-electron chi connectivity index (χ4n) is 10.9. The molecule has 0 fully saturated rings. The van der Waals surface area contributed by atoms with Gasteiger partial charge in [-0.25, -0.2) is 0 Å². The Morgan fingerprint density at radius 2 is 0.552 bits per heavy atom. The van der Waals surface area contributed by atoms with Crippen LogP contribution in [-0.2, 0) is 0 Å². The van der Waals surface area contributed by atoms with Gasteiger partial charge in [-0.15, -0.1) is 0 Å². The van der Waals surface area contributed by atoms with Crippen molar-refractivity contribution in [2.45, 2.75) is 20.8 Å². The van der Waals surface area contributed by atoms with Crippen molar-refractivity contribution in [3.05, 3.63) is 241 Å². The highest BCUT2D eigenvalue weighted by atomic mass is 15.2.